The van der Waals surface area contributed by atoms with Crippen LogP contribution in [-0.2, 0) is 9.53 Å². The fourth-order valence-electron chi connectivity index (χ4n) is 2.48. The average molecular weight is 303 g/mol. The zero-order valence-electron chi connectivity index (χ0n) is 12.8. The Morgan fingerprint density at radius 1 is 0.870 bits per heavy atom. The molecule has 1 unspecified atom stereocenters. The predicted octanol–water partition coefficient (Wildman–Crippen LogP) is 4.40. The van der Waals surface area contributed by atoms with E-state index in [0.29, 0.717) is 0 Å². The van der Waals surface area contributed by atoms with Gasteiger partial charge in [-0.1, -0.05) is 60.7 Å². The molecule has 23 heavy (non-hydrogen) atoms. The minimum atomic E-state index is -0.487. The first-order valence-corrected chi connectivity index (χ1v) is 7.47. The molecular weight excluding hydrogens is 286 g/mol. The summed E-state index contributed by atoms with van der Waals surface area (Å²) in [6.07, 6.45) is 1.21. The van der Waals surface area contributed by atoms with Gasteiger partial charge in [0.1, 0.15) is 0 Å². The van der Waals surface area contributed by atoms with Crippen LogP contribution in [0, 0.1) is 0 Å². The quantitative estimate of drug-likeness (QED) is 0.671. The van der Waals surface area contributed by atoms with Crippen LogP contribution >= 0.6 is 0 Å². The van der Waals surface area contributed by atoms with E-state index in [1.54, 1.807) is 6.20 Å². The van der Waals surface area contributed by atoms with E-state index in [-0.39, 0.29) is 5.97 Å². The van der Waals surface area contributed by atoms with Gasteiger partial charge in [-0.05, 0) is 28.8 Å². The van der Waals surface area contributed by atoms with E-state index < -0.39 is 6.10 Å². The van der Waals surface area contributed by atoms with Crippen molar-refractivity contribution in [3.05, 3.63) is 90.3 Å². The van der Waals surface area contributed by atoms with Gasteiger partial charge in [-0.25, -0.2) is 0 Å². The molecule has 0 saturated carbocycles. The van der Waals surface area contributed by atoms with E-state index in [9.17, 15) is 4.79 Å². The molecule has 0 fully saturated rings. The molecule has 3 rings (SSSR count). The van der Waals surface area contributed by atoms with E-state index in [2.05, 4.69) is 17.1 Å². The molecule has 3 nitrogen and oxygen atoms in total. The Morgan fingerprint density at radius 3 is 2.13 bits per heavy atom. The molecule has 0 N–H and O–H groups in total. The largest absolute Gasteiger partial charge is 0.451 e. The molecular formula is C20H17NO2. The summed E-state index contributed by atoms with van der Waals surface area (Å²) in [5.41, 5.74) is 3.90. The maximum absolute atomic E-state index is 11.4. The second-order valence-electron chi connectivity index (χ2n) is 5.23. The molecule has 1 atom stereocenters. The minimum Gasteiger partial charge on any atom is -0.451 e. The average Bonchev–Trinajstić information content (AvgIpc) is 2.61. The number of esters is 1. The second kappa shape index (κ2) is 6.88. The van der Waals surface area contributed by atoms with Crippen molar-refractivity contribution >= 4 is 5.97 Å². The molecule has 0 spiro atoms. The van der Waals surface area contributed by atoms with Crippen LogP contribution in [0.15, 0.2) is 79.0 Å². The third-order valence-electron chi connectivity index (χ3n) is 3.56. The molecule has 0 radical (unpaired) electrons. The Bertz CT molecular complexity index is 768. The lowest BCUT2D eigenvalue weighted by Crippen LogP contribution is -2.11. The molecule has 1 heterocycles. The Hall–Kier alpha value is -2.94. The van der Waals surface area contributed by atoms with Crippen molar-refractivity contribution in [2.45, 2.75) is 13.0 Å². The Kier molecular flexibility index (Phi) is 4.48. The third-order valence-corrected chi connectivity index (χ3v) is 3.56. The van der Waals surface area contributed by atoms with Gasteiger partial charge in [0.25, 0.3) is 0 Å². The Balaban J connectivity index is 1.93. The fourth-order valence-corrected chi connectivity index (χ4v) is 2.48. The lowest BCUT2D eigenvalue weighted by molar-refractivity contribution is -0.144. The number of rotatable bonds is 4. The monoisotopic (exact) mass is 303 g/mol. The second-order valence-corrected chi connectivity index (χ2v) is 5.23. The Morgan fingerprint density at radius 2 is 1.52 bits per heavy atom. The number of pyridine rings is 1. The predicted molar refractivity (Wildman–Crippen MR) is 89.7 cm³/mol. The van der Waals surface area contributed by atoms with Crippen molar-refractivity contribution in [2.75, 3.05) is 0 Å². The highest BCUT2D eigenvalue weighted by Gasteiger charge is 2.18. The summed E-state index contributed by atoms with van der Waals surface area (Å²) >= 11 is 0. The molecule has 3 heteroatoms. The molecule has 2 aromatic carbocycles. The van der Waals surface area contributed by atoms with Crippen LogP contribution in [0.4, 0.5) is 0 Å². The first-order chi connectivity index (χ1) is 11.2. The maximum atomic E-state index is 11.4. The van der Waals surface area contributed by atoms with Gasteiger partial charge >= 0.3 is 5.97 Å². The van der Waals surface area contributed by atoms with Gasteiger partial charge < -0.3 is 4.74 Å². The molecule has 0 aliphatic carbocycles. The normalized spacial score (nSPS) is 11.7. The summed E-state index contributed by atoms with van der Waals surface area (Å²) in [6, 6.07) is 23.8. The molecule has 0 amide bonds. The fraction of sp³-hybridized carbons (Fsp3) is 0.100. The van der Waals surface area contributed by atoms with Gasteiger partial charge in [0.2, 0.25) is 0 Å². The van der Waals surface area contributed by atoms with Crippen molar-refractivity contribution in [2.24, 2.45) is 0 Å². The summed E-state index contributed by atoms with van der Waals surface area (Å²) in [5.74, 6) is -0.326. The maximum Gasteiger partial charge on any atom is 0.303 e. The minimum absolute atomic E-state index is 0.326. The highest BCUT2D eigenvalue weighted by molar-refractivity contribution is 5.67. The summed E-state index contributed by atoms with van der Waals surface area (Å²) in [7, 11) is 0. The number of carbonyl (C=O) groups excluding carboxylic acids is 1. The van der Waals surface area contributed by atoms with Gasteiger partial charge in [-0.2, -0.15) is 0 Å². The first-order valence-electron chi connectivity index (χ1n) is 7.47. The van der Waals surface area contributed by atoms with Crippen LogP contribution < -0.4 is 0 Å². The molecule has 0 aliphatic rings. The third kappa shape index (κ3) is 3.64. The highest BCUT2D eigenvalue weighted by Crippen LogP contribution is 2.27. The van der Waals surface area contributed by atoms with Crippen LogP contribution in [-0.4, -0.2) is 11.0 Å². The molecule has 0 aliphatic heterocycles. The summed E-state index contributed by atoms with van der Waals surface area (Å²) < 4.78 is 5.47. The summed E-state index contributed by atoms with van der Waals surface area (Å²) in [6.45, 7) is 1.41. The number of hydrogen-bond donors (Lipinski definition) is 0. The van der Waals surface area contributed by atoms with Gasteiger partial charge in [0.15, 0.2) is 6.10 Å². The molecule has 0 bridgehead atoms. The van der Waals surface area contributed by atoms with Gasteiger partial charge in [-0.3, -0.25) is 9.78 Å². The van der Waals surface area contributed by atoms with E-state index in [0.717, 1.165) is 22.4 Å². The number of nitrogens with zero attached hydrogens (tertiary/aromatic N) is 1. The van der Waals surface area contributed by atoms with Crippen LogP contribution in [0.1, 0.15) is 24.3 Å². The van der Waals surface area contributed by atoms with Crippen LogP contribution in [0.3, 0.4) is 0 Å². The topological polar surface area (TPSA) is 39.2 Å². The van der Waals surface area contributed by atoms with Crippen LogP contribution in [0.25, 0.3) is 11.1 Å². The lowest BCUT2D eigenvalue weighted by atomic mass is 10.0. The van der Waals surface area contributed by atoms with E-state index in [1.165, 1.54) is 6.92 Å². The van der Waals surface area contributed by atoms with Crippen molar-refractivity contribution in [1.82, 2.24) is 4.98 Å². The first kappa shape index (κ1) is 15.0. The van der Waals surface area contributed by atoms with Crippen LogP contribution in [0.2, 0.25) is 0 Å². The number of benzene rings is 2. The number of hydrogen-bond acceptors (Lipinski definition) is 3. The molecule has 0 saturated heterocycles. The van der Waals surface area contributed by atoms with Gasteiger partial charge in [0.05, 0.1) is 5.69 Å². The molecule has 1 aromatic heterocycles. The highest BCUT2D eigenvalue weighted by atomic mass is 16.5. The summed E-state index contributed by atoms with van der Waals surface area (Å²) in [4.78, 5) is 15.8. The van der Waals surface area contributed by atoms with Gasteiger partial charge in [-0.15, -0.1) is 0 Å². The SMILES string of the molecule is CC(=O)OC(c1ccc(-c2ccccc2)cc1)c1ccccn1. The Labute approximate surface area is 135 Å². The zero-order chi connectivity index (χ0) is 16.1. The summed E-state index contributed by atoms with van der Waals surface area (Å²) in [5, 5.41) is 0. The molecule has 114 valence electrons. The smallest absolute Gasteiger partial charge is 0.303 e. The van der Waals surface area contributed by atoms with Crippen molar-refractivity contribution in [3.8, 4) is 11.1 Å². The van der Waals surface area contributed by atoms with E-state index in [4.69, 9.17) is 4.74 Å². The van der Waals surface area contributed by atoms with E-state index >= 15 is 0 Å². The van der Waals surface area contributed by atoms with Crippen molar-refractivity contribution < 1.29 is 9.53 Å². The van der Waals surface area contributed by atoms with Gasteiger partial charge in [0, 0.05) is 13.1 Å². The van der Waals surface area contributed by atoms with E-state index in [1.807, 2.05) is 60.7 Å². The lowest BCUT2D eigenvalue weighted by Gasteiger charge is -2.17. The standard InChI is InChI=1S/C20H17NO2/c1-15(22)23-20(19-9-5-6-14-21-19)18-12-10-17(11-13-18)16-7-3-2-4-8-16/h2-14,20H,1H3. The zero-order valence-corrected chi connectivity index (χ0v) is 12.8. The van der Waals surface area contributed by atoms with Crippen molar-refractivity contribution in [1.29, 1.82) is 0 Å². The molecule has 3 aromatic rings. The number of ether oxygens (including phenoxy) is 1. The number of carbonyl (C=O) groups is 1. The van der Waals surface area contributed by atoms with Crippen molar-refractivity contribution in [3.63, 3.8) is 0 Å². The number of aromatic nitrogens is 1. The van der Waals surface area contributed by atoms with Crippen LogP contribution in [0.5, 0.6) is 0 Å².